The molecular formula is C18H21N5O. The lowest BCUT2D eigenvalue weighted by molar-refractivity contribution is 0.410. The fraction of sp³-hybridized carbons (Fsp3) is 0.278. The van der Waals surface area contributed by atoms with Gasteiger partial charge in [0.2, 0.25) is 0 Å². The van der Waals surface area contributed by atoms with Crippen molar-refractivity contribution in [3.8, 4) is 11.3 Å². The topological polar surface area (TPSA) is 92.6 Å². The quantitative estimate of drug-likeness (QED) is 0.643. The van der Waals surface area contributed by atoms with Crippen molar-refractivity contribution < 1.29 is 4.42 Å². The summed E-state index contributed by atoms with van der Waals surface area (Å²) < 4.78 is 5.78. The number of aryl methyl sites for hydroxylation is 1. The van der Waals surface area contributed by atoms with Crippen molar-refractivity contribution in [1.82, 2.24) is 10.2 Å². The van der Waals surface area contributed by atoms with Gasteiger partial charge in [-0.05, 0) is 24.6 Å². The maximum Gasteiger partial charge on any atom is 0.173 e. The van der Waals surface area contributed by atoms with Crippen molar-refractivity contribution in [3.05, 3.63) is 47.9 Å². The van der Waals surface area contributed by atoms with Crippen molar-refractivity contribution in [1.29, 1.82) is 0 Å². The van der Waals surface area contributed by atoms with Crippen LogP contribution in [0.3, 0.4) is 0 Å². The highest BCUT2D eigenvalue weighted by atomic mass is 16.3. The van der Waals surface area contributed by atoms with Gasteiger partial charge in [-0.25, -0.2) is 0 Å². The summed E-state index contributed by atoms with van der Waals surface area (Å²) in [4.78, 5) is 0. The first kappa shape index (κ1) is 16.0. The predicted octanol–water partition coefficient (Wildman–Crippen LogP) is 5.27. The van der Waals surface area contributed by atoms with Crippen LogP contribution in [-0.2, 0) is 5.41 Å². The summed E-state index contributed by atoms with van der Waals surface area (Å²) in [6.07, 6.45) is 1.74. The number of nitrogens with one attached hydrogen (secondary N) is 1. The average Bonchev–Trinajstić information content (AvgIpc) is 3.09. The molecule has 6 nitrogen and oxygen atoms in total. The number of rotatable bonds is 3. The molecule has 0 saturated heterocycles. The van der Waals surface area contributed by atoms with Gasteiger partial charge in [-0.15, -0.1) is 5.11 Å². The zero-order chi connectivity index (χ0) is 17.3. The molecule has 2 heterocycles. The summed E-state index contributed by atoms with van der Waals surface area (Å²) in [6, 6.07) is 9.51. The largest absolute Gasteiger partial charge is 0.468 e. The first-order chi connectivity index (χ1) is 11.4. The zero-order valence-electron chi connectivity index (χ0n) is 14.3. The molecule has 24 heavy (non-hydrogen) atoms. The number of H-pyrrole nitrogens is 1. The summed E-state index contributed by atoms with van der Waals surface area (Å²) in [6.45, 7) is 8.28. The molecule has 0 aliphatic heterocycles. The average molecular weight is 323 g/mol. The number of aromatic amines is 1. The molecule has 6 heteroatoms. The van der Waals surface area contributed by atoms with Gasteiger partial charge in [0.15, 0.2) is 11.5 Å². The van der Waals surface area contributed by atoms with E-state index in [0.29, 0.717) is 11.5 Å². The highest BCUT2D eigenvalue weighted by Gasteiger charge is 2.28. The van der Waals surface area contributed by atoms with Crippen molar-refractivity contribution >= 4 is 17.2 Å². The van der Waals surface area contributed by atoms with E-state index < -0.39 is 0 Å². The third-order valence-electron chi connectivity index (χ3n) is 3.70. The maximum atomic E-state index is 5.99. The number of hydrogen-bond acceptors (Lipinski definition) is 5. The molecular weight excluding hydrogens is 302 g/mol. The van der Waals surface area contributed by atoms with Crippen LogP contribution in [0.15, 0.2) is 51.2 Å². The Balaban J connectivity index is 2.09. The second kappa shape index (κ2) is 5.96. The van der Waals surface area contributed by atoms with Gasteiger partial charge in [-0.2, -0.15) is 10.2 Å². The number of azo groups is 1. The van der Waals surface area contributed by atoms with Crippen LogP contribution in [0.2, 0.25) is 0 Å². The monoisotopic (exact) mass is 323 g/mol. The molecule has 124 valence electrons. The van der Waals surface area contributed by atoms with Gasteiger partial charge in [-0.3, -0.25) is 5.10 Å². The Labute approximate surface area is 140 Å². The predicted molar refractivity (Wildman–Crippen MR) is 94.8 cm³/mol. The Bertz CT molecular complexity index is 869. The van der Waals surface area contributed by atoms with Crippen LogP contribution in [0.5, 0.6) is 0 Å². The molecule has 0 amide bonds. The molecule has 2 aromatic heterocycles. The first-order valence-electron chi connectivity index (χ1n) is 7.77. The van der Waals surface area contributed by atoms with E-state index >= 15 is 0 Å². The number of anilines is 1. The third-order valence-corrected chi connectivity index (χ3v) is 3.70. The Kier molecular flexibility index (Phi) is 3.97. The van der Waals surface area contributed by atoms with Crippen LogP contribution in [0.1, 0.15) is 32.1 Å². The van der Waals surface area contributed by atoms with E-state index in [1.807, 2.05) is 37.3 Å². The van der Waals surface area contributed by atoms with Crippen LogP contribution >= 0.6 is 0 Å². The standard InChI is InChI=1S/C18H21N5O/c1-11-10-24-16(18(2,3)4)13(11)14-15(17(19)23-21-14)22-20-12-8-6-5-7-9-12/h5-10H,1-4H3,(H3,19,21,23). The van der Waals surface area contributed by atoms with E-state index in [-0.39, 0.29) is 5.41 Å². The van der Waals surface area contributed by atoms with Crippen molar-refractivity contribution in [2.75, 3.05) is 5.73 Å². The highest BCUT2D eigenvalue weighted by Crippen LogP contribution is 2.42. The van der Waals surface area contributed by atoms with Crippen molar-refractivity contribution in [2.45, 2.75) is 33.1 Å². The molecule has 0 aliphatic carbocycles. The highest BCUT2D eigenvalue weighted by molar-refractivity contribution is 5.82. The van der Waals surface area contributed by atoms with Gasteiger partial charge in [-0.1, -0.05) is 39.0 Å². The van der Waals surface area contributed by atoms with Crippen LogP contribution in [0, 0.1) is 6.92 Å². The molecule has 1 aromatic carbocycles. The van der Waals surface area contributed by atoms with Gasteiger partial charge in [0.25, 0.3) is 0 Å². The molecule has 3 N–H and O–H groups in total. The summed E-state index contributed by atoms with van der Waals surface area (Å²) in [5.41, 5.74) is 9.78. The zero-order valence-corrected chi connectivity index (χ0v) is 14.3. The Hall–Kier alpha value is -2.89. The van der Waals surface area contributed by atoms with Gasteiger partial charge < -0.3 is 10.2 Å². The second-order valence-corrected chi connectivity index (χ2v) is 6.74. The molecule has 0 saturated carbocycles. The van der Waals surface area contributed by atoms with Crippen LogP contribution < -0.4 is 5.73 Å². The number of nitrogens with zero attached hydrogens (tertiary/aromatic N) is 3. The number of nitrogens with two attached hydrogens (primary N) is 1. The molecule has 0 unspecified atom stereocenters. The number of furan rings is 1. The second-order valence-electron chi connectivity index (χ2n) is 6.74. The molecule has 3 aromatic rings. The van der Waals surface area contributed by atoms with Crippen LogP contribution in [0.4, 0.5) is 17.2 Å². The Morgan fingerprint density at radius 1 is 1.12 bits per heavy atom. The molecule has 0 spiro atoms. The minimum absolute atomic E-state index is 0.155. The van der Waals surface area contributed by atoms with E-state index in [1.54, 1.807) is 6.26 Å². The third kappa shape index (κ3) is 2.95. The number of benzene rings is 1. The van der Waals surface area contributed by atoms with Gasteiger partial charge in [0.1, 0.15) is 5.76 Å². The van der Waals surface area contributed by atoms with Crippen molar-refractivity contribution in [3.63, 3.8) is 0 Å². The normalized spacial score (nSPS) is 12.2. The van der Waals surface area contributed by atoms with Gasteiger partial charge >= 0.3 is 0 Å². The summed E-state index contributed by atoms with van der Waals surface area (Å²) >= 11 is 0. The minimum Gasteiger partial charge on any atom is -0.468 e. The maximum absolute atomic E-state index is 5.99. The SMILES string of the molecule is Cc1coc(C(C)(C)C)c1-c1[nH]nc(N)c1N=Nc1ccccc1. The van der Waals surface area contributed by atoms with Gasteiger partial charge in [0.05, 0.1) is 17.6 Å². The van der Waals surface area contributed by atoms with E-state index in [4.69, 9.17) is 10.2 Å². The number of nitrogen functional groups attached to an aromatic ring is 1. The van der Waals surface area contributed by atoms with Crippen LogP contribution in [-0.4, -0.2) is 10.2 Å². The first-order valence-corrected chi connectivity index (χ1v) is 7.77. The molecule has 0 fully saturated rings. The molecule has 3 rings (SSSR count). The fourth-order valence-corrected chi connectivity index (χ4v) is 2.53. The van der Waals surface area contributed by atoms with Gasteiger partial charge in [0, 0.05) is 11.0 Å². The Morgan fingerprint density at radius 2 is 1.83 bits per heavy atom. The lowest BCUT2D eigenvalue weighted by Crippen LogP contribution is -2.11. The van der Waals surface area contributed by atoms with E-state index in [1.165, 1.54) is 0 Å². The van der Waals surface area contributed by atoms with Crippen molar-refractivity contribution in [2.24, 2.45) is 10.2 Å². The molecule has 0 aliphatic rings. The minimum atomic E-state index is -0.155. The molecule has 0 radical (unpaired) electrons. The smallest absolute Gasteiger partial charge is 0.173 e. The lowest BCUT2D eigenvalue weighted by Gasteiger charge is -2.17. The summed E-state index contributed by atoms with van der Waals surface area (Å²) in [7, 11) is 0. The summed E-state index contributed by atoms with van der Waals surface area (Å²) in [5, 5.41) is 15.7. The van der Waals surface area contributed by atoms with E-state index in [2.05, 4.69) is 41.2 Å². The Morgan fingerprint density at radius 3 is 2.50 bits per heavy atom. The van der Waals surface area contributed by atoms with E-state index in [9.17, 15) is 0 Å². The fourth-order valence-electron chi connectivity index (χ4n) is 2.53. The molecule has 0 bridgehead atoms. The molecule has 0 atom stereocenters. The van der Waals surface area contributed by atoms with Crippen LogP contribution in [0.25, 0.3) is 11.3 Å². The number of aromatic nitrogens is 2. The lowest BCUT2D eigenvalue weighted by atomic mass is 9.88. The number of hydrogen-bond donors (Lipinski definition) is 2. The van der Waals surface area contributed by atoms with E-state index in [0.717, 1.165) is 28.3 Å². The summed E-state index contributed by atoms with van der Waals surface area (Å²) in [5.74, 6) is 1.17.